The van der Waals surface area contributed by atoms with Crippen LogP contribution in [0.2, 0.25) is 5.02 Å². The van der Waals surface area contributed by atoms with Gasteiger partial charge in [0.05, 0.1) is 10.6 Å². The molecule has 2 aromatic carbocycles. The Morgan fingerprint density at radius 2 is 1.85 bits per heavy atom. The fraction of sp³-hybridized carbons (Fsp3) is 0.227. The van der Waals surface area contributed by atoms with Gasteiger partial charge < -0.3 is 5.73 Å². The number of fused-ring (bicyclic) bond motifs is 1. The Morgan fingerprint density at radius 1 is 1.12 bits per heavy atom. The lowest BCUT2D eigenvalue weighted by atomic mass is 9.82. The maximum absolute atomic E-state index is 13.0. The highest BCUT2D eigenvalue weighted by molar-refractivity contribution is 7.16. The lowest BCUT2D eigenvalue weighted by molar-refractivity contribution is 0.103. The Hall–Kier alpha value is -2.10. The second-order valence-corrected chi connectivity index (χ2v) is 8.45. The van der Waals surface area contributed by atoms with Crippen molar-refractivity contribution in [3.63, 3.8) is 0 Å². The molecule has 4 heteroatoms. The number of carbonyl (C=O) groups excluding carboxylic acids is 1. The van der Waals surface area contributed by atoms with Crippen molar-refractivity contribution in [2.75, 3.05) is 5.73 Å². The third-order valence-electron chi connectivity index (χ3n) is 5.10. The van der Waals surface area contributed by atoms with E-state index in [1.807, 2.05) is 0 Å². The molecule has 1 aliphatic rings. The number of hydrogen-bond acceptors (Lipinski definition) is 3. The smallest absolute Gasteiger partial charge is 0.196 e. The van der Waals surface area contributed by atoms with Crippen molar-refractivity contribution in [3.8, 4) is 0 Å². The molecule has 0 aliphatic heterocycles. The summed E-state index contributed by atoms with van der Waals surface area (Å²) in [6, 6.07) is 17.7. The van der Waals surface area contributed by atoms with Gasteiger partial charge in [-0.15, -0.1) is 11.3 Å². The van der Waals surface area contributed by atoms with Crippen molar-refractivity contribution < 1.29 is 4.79 Å². The minimum absolute atomic E-state index is 0.0122. The van der Waals surface area contributed by atoms with Gasteiger partial charge in [0.1, 0.15) is 0 Å². The number of nitrogen functional groups attached to an aromatic ring is 1. The van der Waals surface area contributed by atoms with Gasteiger partial charge in [-0.25, -0.2) is 0 Å². The van der Waals surface area contributed by atoms with E-state index in [0.717, 1.165) is 31.2 Å². The van der Waals surface area contributed by atoms with Crippen molar-refractivity contribution in [1.82, 2.24) is 0 Å². The number of nitrogens with two attached hydrogens (primary N) is 1. The van der Waals surface area contributed by atoms with Gasteiger partial charge in [0.25, 0.3) is 0 Å². The molecule has 0 fully saturated rings. The van der Waals surface area contributed by atoms with E-state index in [1.54, 1.807) is 35.6 Å². The highest BCUT2D eigenvalue weighted by Gasteiger charge is 2.28. The molecule has 3 aromatic rings. The predicted octanol–water partition coefficient (Wildman–Crippen LogP) is 5.56. The van der Waals surface area contributed by atoms with Crippen LogP contribution in [-0.4, -0.2) is 5.78 Å². The third-order valence-corrected chi connectivity index (χ3v) is 6.43. The summed E-state index contributed by atoms with van der Waals surface area (Å²) in [5.41, 5.74) is 10.2. The van der Waals surface area contributed by atoms with E-state index >= 15 is 0 Å². The molecule has 132 valence electrons. The first kappa shape index (κ1) is 17.3. The molecular weight excluding hydrogens is 362 g/mol. The molecule has 1 aliphatic carbocycles. The Morgan fingerprint density at radius 3 is 2.58 bits per heavy atom. The van der Waals surface area contributed by atoms with Crippen molar-refractivity contribution in [3.05, 3.63) is 86.8 Å². The topological polar surface area (TPSA) is 43.1 Å². The van der Waals surface area contributed by atoms with Gasteiger partial charge in [0.2, 0.25) is 0 Å². The van der Waals surface area contributed by atoms with Crippen LogP contribution in [0.3, 0.4) is 0 Å². The van der Waals surface area contributed by atoms with Crippen LogP contribution in [0.25, 0.3) is 0 Å². The monoisotopic (exact) mass is 381 g/mol. The summed E-state index contributed by atoms with van der Waals surface area (Å²) in [6.45, 7) is 0. The third kappa shape index (κ3) is 3.42. The van der Waals surface area contributed by atoms with E-state index in [0.29, 0.717) is 27.1 Å². The number of halogens is 1. The van der Waals surface area contributed by atoms with Crippen molar-refractivity contribution >= 4 is 33.7 Å². The van der Waals surface area contributed by atoms with Crippen LogP contribution in [0.4, 0.5) is 5.00 Å². The average Bonchev–Trinajstić information content (AvgIpc) is 2.97. The highest BCUT2D eigenvalue weighted by atomic mass is 35.5. The zero-order valence-corrected chi connectivity index (χ0v) is 15.9. The molecule has 2 nitrogen and oxygen atoms in total. The quantitative estimate of drug-likeness (QED) is 0.601. The highest BCUT2D eigenvalue weighted by Crippen LogP contribution is 2.40. The maximum Gasteiger partial charge on any atom is 0.196 e. The van der Waals surface area contributed by atoms with Gasteiger partial charge in [0, 0.05) is 15.5 Å². The van der Waals surface area contributed by atoms with E-state index in [2.05, 4.69) is 30.3 Å². The molecule has 1 aromatic heterocycles. The predicted molar refractivity (Wildman–Crippen MR) is 109 cm³/mol. The van der Waals surface area contributed by atoms with E-state index in [4.69, 9.17) is 17.3 Å². The number of rotatable bonds is 4. The maximum atomic E-state index is 13.0. The van der Waals surface area contributed by atoms with Crippen molar-refractivity contribution in [1.29, 1.82) is 0 Å². The van der Waals surface area contributed by atoms with Crippen LogP contribution >= 0.6 is 22.9 Å². The van der Waals surface area contributed by atoms with Gasteiger partial charge in [-0.2, -0.15) is 0 Å². The minimum atomic E-state index is 0.0122. The lowest BCUT2D eigenvalue weighted by Crippen LogP contribution is -2.17. The number of anilines is 1. The van der Waals surface area contributed by atoms with Crippen molar-refractivity contribution in [2.24, 2.45) is 5.92 Å². The summed E-state index contributed by atoms with van der Waals surface area (Å²) in [4.78, 5) is 14.3. The molecule has 0 saturated heterocycles. The fourth-order valence-electron chi connectivity index (χ4n) is 3.79. The largest absolute Gasteiger partial charge is 0.390 e. The second-order valence-electron chi connectivity index (χ2n) is 6.88. The summed E-state index contributed by atoms with van der Waals surface area (Å²) >= 11 is 7.52. The van der Waals surface area contributed by atoms with E-state index < -0.39 is 0 Å². The first-order valence-electron chi connectivity index (χ1n) is 8.86. The SMILES string of the molecule is Nc1sc2c(c1C(=O)c1ccc(Cl)cc1)CCC(Cc1ccccc1)C2. The first-order chi connectivity index (χ1) is 12.6. The molecule has 0 bridgehead atoms. The molecule has 4 rings (SSSR count). The molecule has 2 N–H and O–H groups in total. The summed E-state index contributed by atoms with van der Waals surface area (Å²) in [5, 5.41) is 1.28. The molecule has 26 heavy (non-hydrogen) atoms. The van der Waals surface area contributed by atoms with Crippen LogP contribution in [0.5, 0.6) is 0 Å². The molecule has 0 spiro atoms. The Balaban J connectivity index is 1.57. The van der Waals surface area contributed by atoms with Crippen LogP contribution in [-0.2, 0) is 19.3 Å². The summed E-state index contributed by atoms with van der Waals surface area (Å²) < 4.78 is 0. The standard InChI is InChI=1S/C22H20ClNOS/c23-17-9-7-16(8-10-17)21(25)20-18-11-6-15(13-19(18)26-22(20)24)12-14-4-2-1-3-5-14/h1-5,7-10,15H,6,11-13,24H2. The fourth-order valence-corrected chi connectivity index (χ4v) is 5.15. The zero-order valence-electron chi connectivity index (χ0n) is 14.4. The summed E-state index contributed by atoms with van der Waals surface area (Å²) in [6.07, 6.45) is 4.11. The number of hydrogen-bond donors (Lipinski definition) is 1. The van der Waals surface area contributed by atoms with E-state index in [9.17, 15) is 4.79 Å². The Kier molecular flexibility index (Phi) is 4.84. The Labute approximate surface area is 162 Å². The number of carbonyl (C=O) groups is 1. The van der Waals surface area contributed by atoms with Gasteiger partial charge in [-0.05, 0) is 67.0 Å². The lowest BCUT2D eigenvalue weighted by Gasteiger charge is -2.22. The molecular formula is C22H20ClNOS. The van der Waals surface area contributed by atoms with Crippen LogP contribution in [0.15, 0.2) is 54.6 Å². The van der Waals surface area contributed by atoms with Gasteiger partial charge >= 0.3 is 0 Å². The molecule has 0 saturated carbocycles. The molecule has 0 amide bonds. The van der Waals surface area contributed by atoms with Gasteiger partial charge in [-0.3, -0.25) is 4.79 Å². The van der Waals surface area contributed by atoms with Gasteiger partial charge in [-0.1, -0.05) is 41.9 Å². The molecule has 1 heterocycles. The average molecular weight is 382 g/mol. The number of benzene rings is 2. The molecule has 1 unspecified atom stereocenters. The van der Waals surface area contributed by atoms with Crippen LogP contribution in [0.1, 0.15) is 38.3 Å². The minimum Gasteiger partial charge on any atom is -0.390 e. The normalized spacial score (nSPS) is 16.3. The first-order valence-corrected chi connectivity index (χ1v) is 10.1. The summed E-state index contributed by atoms with van der Waals surface area (Å²) in [7, 11) is 0. The number of thiophene rings is 1. The second kappa shape index (κ2) is 7.26. The Bertz CT molecular complexity index is 931. The zero-order chi connectivity index (χ0) is 18.1. The molecule has 1 atom stereocenters. The van der Waals surface area contributed by atoms with Gasteiger partial charge in [0.15, 0.2) is 5.78 Å². The van der Waals surface area contributed by atoms with Crippen LogP contribution < -0.4 is 5.73 Å². The number of ketones is 1. The van der Waals surface area contributed by atoms with E-state index in [-0.39, 0.29) is 5.78 Å². The summed E-state index contributed by atoms with van der Waals surface area (Å²) in [5.74, 6) is 0.625. The van der Waals surface area contributed by atoms with Crippen molar-refractivity contribution in [2.45, 2.75) is 25.7 Å². The van der Waals surface area contributed by atoms with Crippen LogP contribution in [0, 0.1) is 5.92 Å². The van der Waals surface area contributed by atoms with E-state index in [1.165, 1.54) is 10.4 Å². The molecule has 0 radical (unpaired) electrons.